The lowest BCUT2D eigenvalue weighted by atomic mass is 10.1. The van der Waals surface area contributed by atoms with Gasteiger partial charge in [-0.2, -0.15) is 0 Å². The molecule has 0 aliphatic heterocycles. The molecule has 0 radical (unpaired) electrons. The zero-order chi connectivity index (χ0) is 32.7. The summed E-state index contributed by atoms with van der Waals surface area (Å²) in [6.07, 6.45) is 1.98. The predicted octanol–water partition coefficient (Wildman–Crippen LogP) is 5.14. The van der Waals surface area contributed by atoms with E-state index in [2.05, 4.69) is 79.8 Å². The van der Waals surface area contributed by atoms with Gasteiger partial charge in [0.15, 0.2) is 25.3 Å². The number of nitrogens with zero attached hydrogens (tertiary/aromatic N) is 5. The number of carbonyl (C=O) groups excluding carboxylic acids is 1. The van der Waals surface area contributed by atoms with Gasteiger partial charge in [-0.25, -0.2) is 15.0 Å². The maximum Gasteiger partial charge on any atom is 0.316 e. The molecule has 0 spiro atoms. The number of aliphatic hydroxyl groups is 1. The first-order valence-corrected chi connectivity index (χ1v) is 19.4. The molecule has 3 N–H and O–H groups in total. The molecule has 0 bridgehead atoms. The Morgan fingerprint density at radius 3 is 2.25 bits per heavy atom. The molecular weight excluding hydrogens is 599 g/mol. The first-order chi connectivity index (χ1) is 20.8. The predicted molar refractivity (Wildman–Crippen MR) is 176 cm³/mol. The van der Waals surface area contributed by atoms with E-state index < -0.39 is 34.7 Å². The highest BCUT2D eigenvalue weighted by Gasteiger charge is 2.51. The van der Waals surface area contributed by atoms with Crippen molar-refractivity contribution in [2.45, 2.75) is 84.3 Å². The minimum Gasteiger partial charge on any atom is -0.409 e. The number of hydrogen-bond acceptors (Lipinski definition) is 9. The number of benzene rings is 1. The number of fused-ring (bicyclic) bond motifs is 1. The summed E-state index contributed by atoms with van der Waals surface area (Å²) in [4.78, 5) is 37.9. The van der Waals surface area contributed by atoms with E-state index in [1.165, 1.54) is 26.0 Å². The van der Waals surface area contributed by atoms with E-state index in [9.17, 15) is 19.4 Å². The lowest BCUT2D eigenvalue weighted by molar-refractivity contribution is 0.0178. The van der Waals surface area contributed by atoms with Crippen molar-refractivity contribution >= 4 is 39.5 Å². The van der Waals surface area contributed by atoms with E-state index in [1.54, 1.807) is 30.6 Å². The maximum absolute atomic E-state index is 12.7. The van der Waals surface area contributed by atoms with Gasteiger partial charge in [-0.05, 0) is 56.3 Å². The summed E-state index contributed by atoms with van der Waals surface area (Å²) >= 11 is 0. The van der Waals surface area contributed by atoms with Gasteiger partial charge in [0.05, 0.1) is 24.6 Å². The van der Waals surface area contributed by atoms with E-state index >= 15 is 0 Å². The molecule has 1 aliphatic rings. The van der Waals surface area contributed by atoms with Crippen molar-refractivity contribution in [2.75, 3.05) is 31.6 Å². The van der Waals surface area contributed by atoms with Crippen LogP contribution in [-0.2, 0) is 13.5 Å². The van der Waals surface area contributed by atoms with Crippen LogP contribution in [0.3, 0.4) is 0 Å². The van der Waals surface area contributed by atoms with Crippen LogP contribution in [0, 0.1) is 5.92 Å². The van der Waals surface area contributed by atoms with Gasteiger partial charge in [0.1, 0.15) is 6.33 Å². The molecule has 2 heterocycles. The van der Waals surface area contributed by atoms with Gasteiger partial charge in [-0.15, -0.1) is 0 Å². The molecule has 1 aliphatic carbocycles. The van der Waals surface area contributed by atoms with Gasteiger partial charge in [0.25, 0.3) is 5.91 Å². The Balaban J connectivity index is 0.000000676. The van der Waals surface area contributed by atoms with Crippen LogP contribution in [0.15, 0.2) is 43.0 Å². The summed E-state index contributed by atoms with van der Waals surface area (Å²) in [5.74, 6) is -0.473. The Kier molecular flexibility index (Phi) is 12.8. The molecule has 4 rings (SSSR count). The number of aromatic nitrogens is 4. The first-order valence-electron chi connectivity index (χ1n) is 15.2. The third-order valence-corrected chi connectivity index (χ3v) is 13.7. The molecule has 44 heavy (non-hydrogen) atoms. The van der Waals surface area contributed by atoms with Crippen LogP contribution in [0.4, 0.5) is 5.82 Å². The summed E-state index contributed by atoms with van der Waals surface area (Å²) in [5, 5.41) is 12.8. The maximum atomic E-state index is 12.7. The standard InChI is InChI=1S/C24H34N5O6PSi.C6H15N/c1-24(2,3)37(4,5)35-20-17(11-16(12-30)19(20)34-36(32)33)29-14-27-18-21(25-13-26-22(18)29)28-23(31)15-9-7-6-8-10-15;1-4-7(5-2)6-3/h6-10,13-14,16-17,19-20,30,36H,11-12H2,1-5H3,(H,32,33)(H,25,26,28,31);4-6H2,1-3H3/t16-,17-,19-,20+;/m1./s1. The minimum atomic E-state index is -3.29. The van der Waals surface area contributed by atoms with Crippen LogP contribution in [0.5, 0.6) is 0 Å². The molecule has 1 fully saturated rings. The van der Waals surface area contributed by atoms with Crippen molar-refractivity contribution < 1.29 is 28.3 Å². The fraction of sp³-hybridized carbons (Fsp3) is 0.600. The molecule has 12 nitrogen and oxygen atoms in total. The zero-order valence-corrected chi connectivity index (χ0v) is 29.1. The summed E-state index contributed by atoms with van der Waals surface area (Å²) in [7, 11) is -5.64. The average molecular weight is 649 g/mol. The van der Waals surface area contributed by atoms with Crippen LogP contribution in [0.1, 0.15) is 64.4 Å². The van der Waals surface area contributed by atoms with Crippen molar-refractivity contribution in [1.82, 2.24) is 24.4 Å². The molecule has 14 heteroatoms. The fourth-order valence-corrected chi connectivity index (χ4v) is 6.97. The number of rotatable bonds is 11. The molecule has 244 valence electrons. The third kappa shape index (κ3) is 8.60. The van der Waals surface area contributed by atoms with Crippen LogP contribution in [0.2, 0.25) is 18.1 Å². The molecule has 1 saturated carbocycles. The van der Waals surface area contributed by atoms with Crippen molar-refractivity contribution in [3.8, 4) is 0 Å². The van der Waals surface area contributed by atoms with E-state index in [0.717, 1.165) is 0 Å². The second-order valence-corrected chi connectivity index (χ2v) is 17.9. The molecule has 0 saturated heterocycles. The largest absolute Gasteiger partial charge is 0.409 e. The van der Waals surface area contributed by atoms with Gasteiger partial charge in [0, 0.05) is 18.1 Å². The highest BCUT2D eigenvalue weighted by atomic mass is 31.1. The van der Waals surface area contributed by atoms with Gasteiger partial charge in [-0.1, -0.05) is 59.7 Å². The third-order valence-electron chi connectivity index (χ3n) is 8.75. The molecule has 1 amide bonds. The van der Waals surface area contributed by atoms with E-state index in [0.29, 0.717) is 23.1 Å². The molecule has 1 aromatic carbocycles. The average Bonchev–Trinajstić information content (AvgIpc) is 3.55. The number of aliphatic hydroxyl groups excluding tert-OH is 1. The quantitative estimate of drug-likeness (QED) is 0.188. The Bertz CT molecular complexity index is 1380. The Hall–Kier alpha value is -2.51. The lowest BCUT2D eigenvalue weighted by Gasteiger charge is -2.41. The van der Waals surface area contributed by atoms with Gasteiger partial charge in [0.2, 0.25) is 0 Å². The Morgan fingerprint density at radius 1 is 1.09 bits per heavy atom. The fourth-order valence-electron chi connectivity index (χ4n) is 5.08. The van der Waals surface area contributed by atoms with Crippen LogP contribution in [-0.4, -0.2) is 87.1 Å². The number of hydrogen-bond donors (Lipinski definition) is 3. The molecule has 3 aromatic rings. The molecular formula is C30H49N6O6PSi. The molecule has 5 atom stereocenters. The second-order valence-electron chi connectivity index (χ2n) is 12.4. The lowest BCUT2D eigenvalue weighted by Crippen LogP contribution is -2.48. The number of anilines is 1. The molecule has 1 unspecified atom stereocenters. The van der Waals surface area contributed by atoms with Crippen LogP contribution >= 0.6 is 8.25 Å². The van der Waals surface area contributed by atoms with Crippen LogP contribution in [0.25, 0.3) is 11.2 Å². The first kappa shape index (κ1) is 36.0. The van der Waals surface area contributed by atoms with E-state index in [4.69, 9.17) is 8.95 Å². The normalized spacial score (nSPS) is 21.2. The highest BCUT2D eigenvalue weighted by Crippen LogP contribution is 2.47. The van der Waals surface area contributed by atoms with Crippen molar-refractivity contribution in [3.05, 3.63) is 48.5 Å². The number of carbonyl (C=O) groups is 1. The number of amides is 1. The zero-order valence-electron chi connectivity index (χ0n) is 27.1. The van der Waals surface area contributed by atoms with Crippen molar-refractivity contribution in [2.24, 2.45) is 5.92 Å². The summed E-state index contributed by atoms with van der Waals surface area (Å²) < 4.78 is 25.8. The number of nitrogens with one attached hydrogen (secondary N) is 1. The number of imidazole rings is 1. The minimum absolute atomic E-state index is 0.127. The monoisotopic (exact) mass is 648 g/mol. The van der Waals surface area contributed by atoms with Crippen molar-refractivity contribution in [3.63, 3.8) is 0 Å². The summed E-state index contributed by atoms with van der Waals surface area (Å²) in [6, 6.07) is 8.41. The van der Waals surface area contributed by atoms with Gasteiger partial charge in [-0.3, -0.25) is 9.36 Å². The van der Waals surface area contributed by atoms with E-state index in [-0.39, 0.29) is 29.4 Å². The van der Waals surface area contributed by atoms with Gasteiger partial charge >= 0.3 is 8.25 Å². The SMILES string of the molecule is CC(C)(C)[Si](C)(C)O[C@@H]1[C@H](O[PH](=O)O)[C@@H](CO)C[C@H]1n1cnc2c(NC(=O)c3ccccc3)ncnc21.CCN(CC)CC. The van der Waals surface area contributed by atoms with Gasteiger partial charge < -0.3 is 33.7 Å². The topological polar surface area (TPSA) is 152 Å². The molecule has 2 aromatic heterocycles. The van der Waals surface area contributed by atoms with Crippen LogP contribution < -0.4 is 5.32 Å². The summed E-state index contributed by atoms with van der Waals surface area (Å²) in [6.45, 7) is 20.4. The highest BCUT2D eigenvalue weighted by molar-refractivity contribution is 7.32. The van der Waals surface area contributed by atoms with E-state index in [1.807, 2.05) is 10.6 Å². The second kappa shape index (κ2) is 15.7. The Labute approximate surface area is 262 Å². The smallest absolute Gasteiger partial charge is 0.316 e. The van der Waals surface area contributed by atoms with Crippen molar-refractivity contribution in [1.29, 1.82) is 0 Å². The Morgan fingerprint density at radius 2 is 1.73 bits per heavy atom. The summed E-state index contributed by atoms with van der Waals surface area (Å²) in [5.41, 5.74) is 1.36.